The van der Waals surface area contributed by atoms with Crippen LogP contribution in [0, 0.1) is 0 Å². The molecule has 1 aliphatic rings. The molecule has 4 rings (SSSR count). The SMILES string of the molecule is C[C@H](O)c1nccn1[C@@H](/C=C(\F)c1ccc(-c2ccc(OCC3COC(C)(C)N3C(=O)OC(C)(C)C)cc2)cc1)CO. The Balaban J connectivity index is 1.40. The number of nitrogens with zero attached hydrogens (tertiary/aromatic N) is 3. The molecule has 1 aliphatic heterocycles. The molecule has 2 N–H and O–H groups in total. The number of aliphatic hydroxyl groups is 2. The lowest BCUT2D eigenvalue weighted by molar-refractivity contribution is -0.0637. The Hall–Kier alpha value is -3.73. The fourth-order valence-corrected chi connectivity index (χ4v) is 4.86. The largest absolute Gasteiger partial charge is 0.491 e. The third kappa shape index (κ3) is 7.36. The molecule has 0 bridgehead atoms. The van der Waals surface area contributed by atoms with Gasteiger partial charge in [-0.2, -0.15) is 0 Å². The molecule has 0 spiro atoms. The van der Waals surface area contributed by atoms with Crippen molar-refractivity contribution in [2.75, 3.05) is 19.8 Å². The summed E-state index contributed by atoms with van der Waals surface area (Å²) in [6, 6.07) is 13.5. The number of ether oxygens (including phenoxy) is 3. The van der Waals surface area contributed by atoms with Gasteiger partial charge in [-0.15, -0.1) is 0 Å². The highest BCUT2D eigenvalue weighted by Crippen LogP contribution is 2.31. The number of hydrogen-bond acceptors (Lipinski definition) is 7. The quantitative estimate of drug-likeness (QED) is 0.324. The minimum absolute atomic E-state index is 0.245. The molecule has 1 unspecified atom stereocenters. The van der Waals surface area contributed by atoms with E-state index >= 15 is 4.39 Å². The van der Waals surface area contributed by atoms with Crippen LogP contribution >= 0.6 is 0 Å². The van der Waals surface area contributed by atoms with E-state index in [2.05, 4.69) is 4.98 Å². The summed E-state index contributed by atoms with van der Waals surface area (Å²) in [6.07, 6.45) is 3.13. The zero-order chi connectivity index (χ0) is 30.7. The molecule has 226 valence electrons. The van der Waals surface area contributed by atoms with Crippen LogP contribution in [0.1, 0.15) is 65.1 Å². The highest BCUT2D eigenvalue weighted by molar-refractivity contribution is 5.70. The fourth-order valence-electron chi connectivity index (χ4n) is 4.86. The van der Waals surface area contributed by atoms with Crippen LogP contribution in [0.3, 0.4) is 0 Å². The molecule has 2 heterocycles. The fraction of sp³-hybridized carbons (Fsp3) is 0.438. The standard InChI is InChI=1S/C32H40FN3O6/c1-21(38)29-34-15-16-35(29)25(18-37)17-28(33)24-9-7-22(8-10-24)23-11-13-27(14-12-23)40-19-26-20-41-32(5,6)36(26)30(39)42-31(2,3)4/h7-17,21,25-26,37-38H,18-20H2,1-6H3/b28-17-/t21-,25-,26?/m0/s1. The van der Waals surface area contributed by atoms with Gasteiger partial charge in [0, 0.05) is 18.0 Å². The van der Waals surface area contributed by atoms with Crippen molar-refractivity contribution in [3.8, 4) is 16.9 Å². The summed E-state index contributed by atoms with van der Waals surface area (Å²) in [4.78, 5) is 18.5. The van der Waals surface area contributed by atoms with Gasteiger partial charge >= 0.3 is 6.09 Å². The van der Waals surface area contributed by atoms with Gasteiger partial charge in [0.25, 0.3) is 0 Å². The third-order valence-corrected chi connectivity index (χ3v) is 6.91. The van der Waals surface area contributed by atoms with Crippen LogP contribution in [0.5, 0.6) is 5.75 Å². The lowest BCUT2D eigenvalue weighted by atomic mass is 10.0. The first-order valence-electron chi connectivity index (χ1n) is 14.0. The summed E-state index contributed by atoms with van der Waals surface area (Å²) < 4.78 is 34.1. The van der Waals surface area contributed by atoms with Crippen LogP contribution in [-0.2, 0) is 9.47 Å². The molecule has 1 fully saturated rings. The number of aliphatic hydroxyl groups excluding tert-OH is 2. The molecule has 10 heteroatoms. The van der Waals surface area contributed by atoms with Crippen molar-refractivity contribution in [1.29, 1.82) is 0 Å². The third-order valence-electron chi connectivity index (χ3n) is 6.91. The number of hydrogen-bond donors (Lipinski definition) is 2. The first kappa shape index (κ1) is 31.2. The van der Waals surface area contributed by atoms with Crippen molar-refractivity contribution >= 4 is 11.9 Å². The summed E-state index contributed by atoms with van der Waals surface area (Å²) in [6.45, 7) is 10.9. The maximum absolute atomic E-state index is 15.1. The average molecular weight is 582 g/mol. The predicted octanol–water partition coefficient (Wildman–Crippen LogP) is 5.90. The summed E-state index contributed by atoms with van der Waals surface area (Å²) in [5.41, 5.74) is 0.757. The number of rotatable bonds is 9. The molecule has 42 heavy (non-hydrogen) atoms. The van der Waals surface area contributed by atoms with E-state index < -0.39 is 35.4 Å². The molecule has 0 radical (unpaired) electrons. The Kier molecular flexibility index (Phi) is 9.40. The lowest BCUT2D eigenvalue weighted by Crippen LogP contribution is -2.51. The van der Waals surface area contributed by atoms with E-state index in [0.29, 0.717) is 23.7 Å². The normalized spacial score (nSPS) is 18.5. The Morgan fingerprint density at radius 1 is 1.17 bits per heavy atom. The minimum atomic E-state index is -0.850. The van der Waals surface area contributed by atoms with Gasteiger partial charge in [0.2, 0.25) is 0 Å². The van der Waals surface area contributed by atoms with Gasteiger partial charge in [-0.05, 0) is 70.9 Å². The topological polar surface area (TPSA) is 106 Å². The van der Waals surface area contributed by atoms with E-state index in [-0.39, 0.29) is 19.3 Å². The second kappa shape index (κ2) is 12.6. The minimum Gasteiger partial charge on any atom is -0.491 e. The average Bonchev–Trinajstić information content (AvgIpc) is 3.54. The molecule has 9 nitrogen and oxygen atoms in total. The van der Waals surface area contributed by atoms with Crippen molar-refractivity contribution in [1.82, 2.24) is 14.5 Å². The monoisotopic (exact) mass is 581 g/mol. The van der Waals surface area contributed by atoms with Gasteiger partial charge < -0.3 is 29.0 Å². The van der Waals surface area contributed by atoms with E-state index in [1.165, 1.54) is 12.3 Å². The maximum atomic E-state index is 15.1. The van der Waals surface area contributed by atoms with E-state index in [4.69, 9.17) is 14.2 Å². The highest BCUT2D eigenvalue weighted by atomic mass is 19.1. The van der Waals surface area contributed by atoms with Gasteiger partial charge in [-0.25, -0.2) is 14.2 Å². The molecule has 0 aliphatic carbocycles. The first-order chi connectivity index (χ1) is 19.8. The molecule has 1 aromatic heterocycles. The Morgan fingerprint density at radius 3 is 2.36 bits per heavy atom. The van der Waals surface area contributed by atoms with E-state index in [9.17, 15) is 15.0 Å². The van der Waals surface area contributed by atoms with E-state index in [0.717, 1.165) is 11.1 Å². The van der Waals surface area contributed by atoms with Gasteiger partial charge in [-0.1, -0.05) is 36.4 Å². The highest BCUT2D eigenvalue weighted by Gasteiger charge is 2.46. The first-order valence-corrected chi connectivity index (χ1v) is 14.0. The number of carbonyl (C=O) groups is 1. The van der Waals surface area contributed by atoms with Crippen LogP contribution in [-0.4, -0.2) is 67.9 Å². The number of carbonyl (C=O) groups excluding carboxylic acids is 1. The smallest absolute Gasteiger partial charge is 0.413 e. The second-order valence-electron chi connectivity index (χ2n) is 11.8. The van der Waals surface area contributed by atoms with Crippen LogP contribution < -0.4 is 4.74 Å². The number of benzene rings is 2. The molecule has 1 saturated heterocycles. The zero-order valence-electron chi connectivity index (χ0n) is 25.0. The van der Waals surface area contributed by atoms with Gasteiger partial charge in [-0.3, -0.25) is 4.90 Å². The predicted molar refractivity (Wildman–Crippen MR) is 157 cm³/mol. The molecule has 3 atom stereocenters. The van der Waals surface area contributed by atoms with Crippen LogP contribution in [0.2, 0.25) is 0 Å². The van der Waals surface area contributed by atoms with Gasteiger partial charge in [0.1, 0.15) is 41.4 Å². The van der Waals surface area contributed by atoms with Crippen LogP contribution in [0.4, 0.5) is 9.18 Å². The summed E-state index contributed by atoms with van der Waals surface area (Å²) in [5.74, 6) is 0.500. The van der Waals surface area contributed by atoms with Crippen molar-refractivity contribution in [2.24, 2.45) is 0 Å². The maximum Gasteiger partial charge on any atom is 0.413 e. The Morgan fingerprint density at radius 2 is 1.79 bits per heavy atom. The van der Waals surface area contributed by atoms with E-state index in [1.807, 2.05) is 71.0 Å². The molecule has 3 aromatic rings. The molecular weight excluding hydrogens is 541 g/mol. The second-order valence-corrected chi connectivity index (χ2v) is 11.8. The molecule has 1 amide bonds. The van der Waals surface area contributed by atoms with Crippen LogP contribution in [0.15, 0.2) is 67.0 Å². The summed E-state index contributed by atoms with van der Waals surface area (Å²) in [7, 11) is 0. The lowest BCUT2D eigenvalue weighted by Gasteiger charge is -2.35. The number of aromatic nitrogens is 2. The Labute approximate surface area is 246 Å². The zero-order valence-corrected chi connectivity index (χ0v) is 25.0. The Bertz CT molecular complexity index is 1380. The van der Waals surface area contributed by atoms with Crippen LogP contribution in [0.25, 0.3) is 17.0 Å². The number of imidazole rings is 1. The summed E-state index contributed by atoms with van der Waals surface area (Å²) in [5, 5.41) is 19.7. The van der Waals surface area contributed by atoms with Gasteiger partial charge in [0.05, 0.1) is 25.3 Å². The van der Waals surface area contributed by atoms with Crippen molar-refractivity contribution in [3.63, 3.8) is 0 Å². The van der Waals surface area contributed by atoms with E-state index in [1.54, 1.807) is 34.7 Å². The molecule has 2 aromatic carbocycles. The molecular formula is C32H40FN3O6. The van der Waals surface area contributed by atoms with Gasteiger partial charge in [0.15, 0.2) is 0 Å². The summed E-state index contributed by atoms with van der Waals surface area (Å²) >= 11 is 0. The molecule has 0 saturated carbocycles. The van der Waals surface area contributed by atoms with Crippen molar-refractivity contribution in [2.45, 2.75) is 71.1 Å². The number of halogens is 1. The number of amides is 1. The van der Waals surface area contributed by atoms with Crippen molar-refractivity contribution < 1.29 is 33.6 Å². The van der Waals surface area contributed by atoms with Crippen molar-refractivity contribution in [3.05, 3.63) is 78.4 Å².